The van der Waals surface area contributed by atoms with Crippen molar-refractivity contribution in [3.63, 3.8) is 0 Å². The van der Waals surface area contributed by atoms with Crippen LogP contribution in [-0.4, -0.2) is 64.3 Å². The van der Waals surface area contributed by atoms with Gasteiger partial charge >= 0.3 is 0 Å². The van der Waals surface area contributed by atoms with E-state index < -0.39 is 6.10 Å². The minimum Gasteiger partial charge on any atom is -0.399 e. The predicted molar refractivity (Wildman–Crippen MR) is 126 cm³/mol. The molecule has 0 bridgehead atoms. The minimum absolute atomic E-state index is 0.120. The Kier molecular flexibility index (Phi) is 6.90. The zero-order valence-electron chi connectivity index (χ0n) is 18.7. The van der Waals surface area contributed by atoms with Crippen molar-refractivity contribution in [2.75, 3.05) is 37.9 Å². The highest BCUT2D eigenvalue weighted by Crippen LogP contribution is 2.24. The number of aliphatic hydroxyl groups is 1. The fraction of sp³-hybridized carbons (Fsp3) is 0.375. The van der Waals surface area contributed by atoms with Crippen molar-refractivity contribution in [2.24, 2.45) is 0 Å². The Bertz CT molecular complexity index is 1160. The summed E-state index contributed by atoms with van der Waals surface area (Å²) < 4.78 is 7.08. The summed E-state index contributed by atoms with van der Waals surface area (Å²) in [5, 5.41) is 12.8. The SMILES string of the molecule is COCCCn1c(NC(=O)c2cccc(N)c2)nc2ccc(C(=O)N3CCC[C@@H](O)C3)cc21. The number of nitrogen functional groups attached to an aromatic ring is 1. The lowest BCUT2D eigenvalue weighted by atomic mass is 10.1. The standard InChI is InChI=1S/C24H29N5O4/c1-33-12-4-11-29-21-14-17(23(32)28-10-3-7-19(30)15-28)8-9-20(21)26-24(29)27-22(31)16-5-2-6-18(25)13-16/h2,5-6,8-9,13-14,19,30H,3-4,7,10-12,15,25H2,1H3,(H,26,27,31)/t19-/m1/s1. The number of imidazole rings is 1. The quantitative estimate of drug-likeness (QED) is 0.375. The highest BCUT2D eigenvalue weighted by atomic mass is 16.5. The maximum Gasteiger partial charge on any atom is 0.258 e. The van der Waals surface area contributed by atoms with Crippen LogP contribution in [0.15, 0.2) is 42.5 Å². The zero-order chi connectivity index (χ0) is 23.4. The fourth-order valence-corrected chi connectivity index (χ4v) is 4.12. The first-order chi connectivity index (χ1) is 16.0. The molecular formula is C24H29N5O4. The molecule has 2 amide bonds. The van der Waals surface area contributed by atoms with E-state index in [9.17, 15) is 14.7 Å². The summed E-state index contributed by atoms with van der Waals surface area (Å²) in [6, 6.07) is 12.1. The van der Waals surface area contributed by atoms with Crippen LogP contribution in [0.25, 0.3) is 11.0 Å². The molecule has 33 heavy (non-hydrogen) atoms. The normalized spacial score (nSPS) is 16.2. The number of nitrogens with one attached hydrogen (secondary N) is 1. The molecule has 2 aromatic carbocycles. The first-order valence-electron chi connectivity index (χ1n) is 11.1. The van der Waals surface area contributed by atoms with Crippen LogP contribution in [0.4, 0.5) is 11.6 Å². The van der Waals surface area contributed by atoms with Crippen LogP contribution in [0.1, 0.15) is 40.0 Å². The number of carbonyl (C=O) groups excluding carboxylic acids is 2. The Labute approximate surface area is 192 Å². The number of rotatable bonds is 7. The number of hydrogen-bond acceptors (Lipinski definition) is 6. The lowest BCUT2D eigenvalue weighted by Crippen LogP contribution is -2.42. The van der Waals surface area contributed by atoms with Crippen LogP contribution in [0.2, 0.25) is 0 Å². The molecule has 9 nitrogen and oxygen atoms in total. The monoisotopic (exact) mass is 451 g/mol. The van der Waals surface area contributed by atoms with E-state index in [1.807, 2.05) is 4.57 Å². The van der Waals surface area contributed by atoms with Gasteiger partial charge in [0.25, 0.3) is 11.8 Å². The molecule has 1 aromatic heterocycles. The molecule has 174 valence electrons. The van der Waals surface area contributed by atoms with Crippen molar-refractivity contribution in [3.05, 3.63) is 53.6 Å². The lowest BCUT2D eigenvalue weighted by Gasteiger charge is -2.30. The molecule has 1 atom stereocenters. The summed E-state index contributed by atoms with van der Waals surface area (Å²) in [5.41, 5.74) is 8.69. The van der Waals surface area contributed by atoms with E-state index in [0.29, 0.717) is 67.4 Å². The molecule has 0 radical (unpaired) electrons. The summed E-state index contributed by atoms with van der Waals surface area (Å²) in [7, 11) is 1.64. The highest BCUT2D eigenvalue weighted by Gasteiger charge is 2.24. The smallest absolute Gasteiger partial charge is 0.258 e. The Balaban J connectivity index is 1.65. The molecule has 0 aliphatic carbocycles. The molecule has 3 aromatic rings. The number of nitrogens with two attached hydrogens (primary N) is 1. The molecule has 0 spiro atoms. The summed E-state index contributed by atoms with van der Waals surface area (Å²) in [4.78, 5) is 32.1. The third kappa shape index (κ3) is 5.15. The van der Waals surface area contributed by atoms with Crippen molar-refractivity contribution in [2.45, 2.75) is 31.9 Å². The summed E-state index contributed by atoms with van der Waals surface area (Å²) in [5.74, 6) is -0.0404. The molecule has 1 fully saturated rings. The van der Waals surface area contributed by atoms with Crippen LogP contribution in [-0.2, 0) is 11.3 Å². The van der Waals surface area contributed by atoms with Crippen molar-refractivity contribution < 1.29 is 19.4 Å². The number of hydrogen-bond donors (Lipinski definition) is 3. The van der Waals surface area contributed by atoms with Crippen molar-refractivity contribution in [1.82, 2.24) is 14.5 Å². The van der Waals surface area contributed by atoms with Crippen molar-refractivity contribution in [1.29, 1.82) is 0 Å². The van der Waals surface area contributed by atoms with Gasteiger partial charge in [-0.3, -0.25) is 14.9 Å². The zero-order valence-corrected chi connectivity index (χ0v) is 18.7. The number of methoxy groups -OCH3 is 1. The number of fused-ring (bicyclic) bond motifs is 1. The Morgan fingerprint density at radius 2 is 2.09 bits per heavy atom. The first-order valence-corrected chi connectivity index (χ1v) is 11.1. The Morgan fingerprint density at radius 1 is 1.24 bits per heavy atom. The molecule has 1 aliphatic rings. The second-order valence-electron chi connectivity index (χ2n) is 8.26. The Morgan fingerprint density at radius 3 is 2.85 bits per heavy atom. The minimum atomic E-state index is -0.486. The molecule has 4 rings (SSSR count). The maximum atomic E-state index is 13.0. The largest absolute Gasteiger partial charge is 0.399 e. The number of β-amino-alcohol motifs (C(OH)–C–C–N with tert-alkyl or cyclic N) is 1. The second-order valence-corrected chi connectivity index (χ2v) is 8.26. The molecule has 0 unspecified atom stereocenters. The van der Waals surface area contributed by atoms with Crippen LogP contribution in [0, 0.1) is 0 Å². The number of aliphatic hydroxyl groups excluding tert-OH is 1. The first kappa shape index (κ1) is 22.8. The van der Waals surface area contributed by atoms with Gasteiger partial charge in [-0.15, -0.1) is 0 Å². The van der Waals surface area contributed by atoms with Crippen molar-refractivity contribution in [3.8, 4) is 0 Å². The number of nitrogens with zero attached hydrogens (tertiary/aromatic N) is 3. The number of carbonyl (C=O) groups is 2. The average Bonchev–Trinajstić information content (AvgIpc) is 3.15. The van der Waals surface area contributed by atoms with Gasteiger partial charge in [0.15, 0.2) is 0 Å². The molecular weight excluding hydrogens is 422 g/mol. The van der Waals surface area contributed by atoms with Crippen LogP contribution >= 0.6 is 0 Å². The van der Waals surface area contributed by atoms with E-state index in [0.717, 1.165) is 11.9 Å². The van der Waals surface area contributed by atoms with Crippen LogP contribution < -0.4 is 11.1 Å². The van der Waals surface area contributed by atoms with Gasteiger partial charge in [0.05, 0.1) is 17.1 Å². The third-order valence-corrected chi connectivity index (χ3v) is 5.78. The lowest BCUT2D eigenvalue weighted by molar-refractivity contribution is 0.0474. The van der Waals surface area contributed by atoms with E-state index in [1.165, 1.54) is 0 Å². The molecule has 9 heteroatoms. The average molecular weight is 452 g/mol. The number of aryl methyl sites for hydroxylation is 1. The van der Waals surface area contributed by atoms with E-state index >= 15 is 0 Å². The van der Waals surface area contributed by atoms with E-state index in [1.54, 1.807) is 54.5 Å². The number of benzene rings is 2. The molecule has 0 saturated carbocycles. The molecule has 4 N–H and O–H groups in total. The summed E-state index contributed by atoms with van der Waals surface area (Å²) >= 11 is 0. The van der Waals surface area contributed by atoms with E-state index in [4.69, 9.17) is 10.5 Å². The van der Waals surface area contributed by atoms with Gasteiger partial charge in [-0.25, -0.2) is 4.98 Å². The van der Waals surface area contributed by atoms with E-state index in [-0.39, 0.29) is 11.8 Å². The van der Waals surface area contributed by atoms with Gasteiger partial charge in [0.1, 0.15) is 0 Å². The number of amides is 2. The van der Waals surface area contributed by atoms with Crippen LogP contribution in [0.3, 0.4) is 0 Å². The van der Waals surface area contributed by atoms with Gasteiger partial charge in [-0.2, -0.15) is 0 Å². The summed E-state index contributed by atoms with van der Waals surface area (Å²) in [6.45, 7) is 2.07. The highest BCUT2D eigenvalue weighted by molar-refractivity contribution is 6.05. The van der Waals surface area contributed by atoms with Crippen molar-refractivity contribution >= 4 is 34.5 Å². The van der Waals surface area contributed by atoms with E-state index in [2.05, 4.69) is 10.3 Å². The molecule has 1 aliphatic heterocycles. The number of aromatic nitrogens is 2. The van der Waals surface area contributed by atoms with Gasteiger partial charge < -0.3 is 25.0 Å². The fourth-order valence-electron chi connectivity index (χ4n) is 4.12. The topological polar surface area (TPSA) is 123 Å². The van der Waals surface area contributed by atoms with Gasteiger partial charge in [0, 0.05) is 50.2 Å². The van der Waals surface area contributed by atoms with Gasteiger partial charge in [-0.1, -0.05) is 6.07 Å². The number of anilines is 2. The number of piperidine rings is 1. The second kappa shape index (κ2) is 10.0. The predicted octanol–water partition coefficient (Wildman–Crippen LogP) is 2.50. The van der Waals surface area contributed by atoms with Crippen LogP contribution in [0.5, 0.6) is 0 Å². The Hall–Kier alpha value is -3.43. The van der Waals surface area contributed by atoms with Gasteiger partial charge in [-0.05, 0) is 55.7 Å². The number of likely N-dealkylation sites (tertiary alicyclic amines) is 1. The summed E-state index contributed by atoms with van der Waals surface area (Å²) in [6.07, 6.45) is 1.72. The third-order valence-electron chi connectivity index (χ3n) is 5.78. The number of ether oxygens (including phenoxy) is 1. The maximum absolute atomic E-state index is 13.0. The molecule has 1 saturated heterocycles. The van der Waals surface area contributed by atoms with Gasteiger partial charge in [0.2, 0.25) is 5.95 Å². The molecule has 2 heterocycles.